The van der Waals surface area contributed by atoms with E-state index in [9.17, 15) is 10.1 Å². The first-order valence-corrected chi connectivity index (χ1v) is 4.67. The molecule has 0 radical (unpaired) electrons. The number of nitro benzene ring substituents is 1. The van der Waals surface area contributed by atoms with Gasteiger partial charge in [-0.25, -0.2) is 0 Å². The molecule has 82 valence electrons. The maximum atomic E-state index is 10.7. The van der Waals surface area contributed by atoms with Crippen molar-refractivity contribution in [3.8, 4) is 5.75 Å². The summed E-state index contributed by atoms with van der Waals surface area (Å²) in [7, 11) is 1.75. The predicted octanol–water partition coefficient (Wildman–Crippen LogP) is 2.42. The highest BCUT2D eigenvalue weighted by Crippen LogP contribution is 2.30. The Hall–Kier alpha value is -1.78. The van der Waals surface area contributed by atoms with Crippen LogP contribution in [0.5, 0.6) is 5.75 Å². The molecule has 1 N–H and O–H groups in total. The van der Waals surface area contributed by atoms with Gasteiger partial charge in [-0.3, -0.25) is 10.1 Å². The second kappa shape index (κ2) is 4.63. The normalized spacial score (nSPS) is 10.1. The Labute approximate surface area is 88.2 Å². The first kappa shape index (κ1) is 11.3. The number of nitrogens with zero attached hydrogens (tertiary/aromatic N) is 1. The summed E-state index contributed by atoms with van der Waals surface area (Å²) in [6.07, 6.45) is -0.0872. The van der Waals surface area contributed by atoms with Crippen molar-refractivity contribution in [3.05, 3.63) is 28.3 Å². The highest BCUT2D eigenvalue weighted by atomic mass is 16.6. The SMILES string of the molecule is CNc1ccc([N+](=O)[O-])c(OC(C)C)c1. The van der Waals surface area contributed by atoms with E-state index in [4.69, 9.17) is 4.74 Å². The molecule has 5 nitrogen and oxygen atoms in total. The van der Waals surface area contributed by atoms with Gasteiger partial charge in [-0.2, -0.15) is 0 Å². The molecule has 0 bridgehead atoms. The lowest BCUT2D eigenvalue weighted by Crippen LogP contribution is -2.07. The van der Waals surface area contributed by atoms with Gasteiger partial charge in [0.1, 0.15) is 0 Å². The summed E-state index contributed by atoms with van der Waals surface area (Å²) in [6.45, 7) is 3.66. The summed E-state index contributed by atoms with van der Waals surface area (Å²) in [5, 5.41) is 13.6. The molecule has 0 aromatic heterocycles. The zero-order valence-electron chi connectivity index (χ0n) is 8.98. The van der Waals surface area contributed by atoms with Crippen LogP contribution in [0.15, 0.2) is 18.2 Å². The van der Waals surface area contributed by atoms with Gasteiger partial charge in [-0.15, -0.1) is 0 Å². The third-order valence-electron chi connectivity index (χ3n) is 1.81. The molecule has 0 heterocycles. The summed E-state index contributed by atoms with van der Waals surface area (Å²) < 4.78 is 5.37. The lowest BCUT2D eigenvalue weighted by atomic mass is 10.2. The summed E-state index contributed by atoms with van der Waals surface area (Å²) >= 11 is 0. The van der Waals surface area contributed by atoms with Crippen molar-refractivity contribution in [1.82, 2.24) is 0 Å². The molecule has 0 aliphatic rings. The molecular weight excluding hydrogens is 196 g/mol. The Morgan fingerprint density at radius 3 is 2.60 bits per heavy atom. The molecule has 0 amide bonds. The van der Waals surface area contributed by atoms with Crippen LogP contribution in [0.1, 0.15) is 13.8 Å². The molecule has 15 heavy (non-hydrogen) atoms. The fraction of sp³-hybridized carbons (Fsp3) is 0.400. The first-order valence-electron chi connectivity index (χ1n) is 4.67. The lowest BCUT2D eigenvalue weighted by molar-refractivity contribution is -0.386. The van der Waals surface area contributed by atoms with Gasteiger partial charge >= 0.3 is 5.69 Å². The monoisotopic (exact) mass is 210 g/mol. The second-order valence-electron chi connectivity index (χ2n) is 3.36. The third kappa shape index (κ3) is 2.83. The minimum Gasteiger partial charge on any atom is -0.484 e. The minimum atomic E-state index is -0.447. The van der Waals surface area contributed by atoms with Gasteiger partial charge < -0.3 is 10.1 Å². The van der Waals surface area contributed by atoms with E-state index in [1.165, 1.54) is 6.07 Å². The maximum Gasteiger partial charge on any atom is 0.311 e. The molecule has 1 aromatic rings. The zero-order chi connectivity index (χ0) is 11.4. The maximum absolute atomic E-state index is 10.7. The van der Waals surface area contributed by atoms with Crippen molar-refractivity contribution in [2.75, 3.05) is 12.4 Å². The standard InChI is InChI=1S/C10H14N2O3/c1-7(2)15-10-6-8(11-3)4-5-9(10)12(13)14/h4-7,11H,1-3H3. The Morgan fingerprint density at radius 2 is 2.13 bits per heavy atom. The number of ether oxygens (including phenoxy) is 1. The quantitative estimate of drug-likeness (QED) is 0.612. The van der Waals surface area contributed by atoms with Crippen LogP contribution in [0.2, 0.25) is 0 Å². The Kier molecular flexibility index (Phi) is 3.49. The van der Waals surface area contributed by atoms with Crippen LogP contribution in [-0.2, 0) is 0 Å². The number of hydrogen-bond donors (Lipinski definition) is 1. The van der Waals surface area contributed by atoms with E-state index in [-0.39, 0.29) is 11.8 Å². The molecule has 0 atom stereocenters. The van der Waals surface area contributed by atoms with E-state index in [0.29, 0.717) is 5.75 Å². The van der Waals surface area contributed by atoms with Crippen molar-refractivity contribution < 1.29 is 9.66 Å². The van der Waals surface area contributed by atoms with Gasteiger partial charge in [0.25, 0.3) is 0 Å². The van der Waals surface area contributed by atoms with E-state index in [2.05, 4.69) is 5.32 Å². The van der Waals surface area contributed by atoms with Gasteiger partial charge in [0.05, 0.1) is 11.0 Å². The van der Waals surface area contributed by atoms with Crippen LogP contribution in [0.4, 0.5) is 11.4 Å². The van der Waals surface area contributed by atoms with E-state index < -0.39 is 4.92 Å². The minimum absolute atomic E-state index is 0.0114. The number of nitro groups is 1. The smallest absolute Gasteiger partial charge is 0.311 e. The molecule has 0 saturated carbocycles. The number of benzene rings is 1. The van der Waals surface area contributed by atoms with Crippen LogP contribution in [-0.4, -0.2) is 18.1 Å². The lowest BCUT2D eigenvalue weighted by Gasteiger charge is -2.11. The van der Waals surface area contributed by atoms with Gasteiger partial charge in [0.15, 0.2) is 5.75 Å². The summed E-state index contributed by atoms with van der Waals surface area (Å²) in [4.78, 5) is 10.3. The predicted molar refractivity (Wildman–Crippen MR) is 58.4 cm³/mol. The fourth-order valence-electron chi connectivity index (χ4n) is 1.17. The molecule has 0 fully saturated rings. The zero-order valence-corrected chi connectivity index (χ0v) is 8.98. The van der Waals surface area contributed by atoms with Crippen LogP contribution >= 0.6 is 0 Å². The summed E-state index contributed by atoms with van der Waals surface area (Å²) in [5.41, 5.74) is 0.777. The fourth-order valence-corrected chi connectivity index (χ4v) is 1.17. The molecular formula is C10H14N2O3. The van der Waals surface area contributed by atoms with E-state index >= 15 is 0 Å². The first-order chi connectivity index (χ1) is 7.04. The Balaban J connectivity index is 3.10. The van der Waals surface area contributed by atoms with Crippen LogP contribution in [0.3, 0.4) is 0 Å². The van der Waals surface area contributed by atoms with Gasteiger partial charge in [0, 0.05) is 24.9 Å². The van der Waals surface area contributed by atoms with Gasteiger partial charge in [-0.1, -0.05) is 0 Å². The molecule has 1 aromatic carbocycles. The second-order valence-corrected chi connectivity index (χ2v) is 3.36. The van der Waals surface area contributed by atoms with Crippen molar-refractivity contribution in [2.24, 2.45) is 0 Å². The van der Waals surface area contributed by atoms with Crippen molar-refractivity contribution in [3.63, 3.8) is 0 Å². The van der Waals surface area contributed by atoms with Crippen LogP contribution in [0.25, 0.3) is 0 Å². The van der Waals surface area contributed by atoms with Crippen LogP contribution in [0, 0.1) is 10.1 Å². The third-order valence-corrected chi connectivity index (χ3v) is 1.81. The average Bonchev–Trinajstić information content (AvgIpc) is 2.16. The molecule has 0 unspecified atom stereocenters. The van der Waals surface area contributed by atoms with E-state index in [1.54, 1.807) is 19.2 Å². The highest BCUT2D eigenvalue weighted by molar-refractivity contribution is 5.57. The van der Waals surface area contributed by atoms with Crippen LogP contribution < -0.4 is 10.1 Å². The Bertz CT molecular complexity index is 364. The topological polar surface area (TPSA) is 64.4 Å². The average molecular weight is 210 g/mol. The summed E-state index contributed by atoms with van der Waals surface area (Å²) in [5.74, 6) is 0.293. The molecule has 1 rings (SSSR count). The van der Waals surface area contributed by atoms with Gasteiger partial charge in [0.2, 0.25) is 0 Å². The van der Waals surface area contributed by atoms with Gasteiger partial charge in [-0.05, 0) is 19.9 Å². The van der Waals surface area contributed by atoms with Crippen molar-refractivity contribution in [2.45, 2.75) is 20.0 Å². The number of rotatable bonds is 4. The molecule has 0 aliphatic heterocycles. The van der Waals surface area contributed by atoms with Crippen molar-refractivity contribution >= 4 is 11.4 Å². The molecule has 0 saturated heterocycles. The Morgan fingerprint density at radius 1 is 1.47 bits per heavy atom. The number of nitrogens with one attached hydrogen (secondary N) is 1. The molecule has 0 spiro atoms. The van der Waals surface area contributed by atoms with Crippen molar-refractivity contribution in [1.29, 1.82) is 0 Å². The summed E-state index contributed by atoms with van der Waals surface area (Å²) in [6, 6.07) is 4.70. The highest BCUT2D eigenvalue weighted by Gasteiger charge is 2.16. The van der Waals surface area contributed by atoms with E-state index in [0.717, 1.165) is 5.69 Å². The molecule has 5 heteroatoms. The number of anilines is 1. The number of hydrogen-bond acceptors (Lipinski definition) is 4. The van der Waals surface area contributed by atoms with E-state index in [1.807, 2.05) is 13.8 Å². The molecule has 0 aliphatic carbocycles. The largest absolute Gasteiger partial charge is 0.484 e.